The number of carbonyl (C=O) groups excluding carboxylic acids is 2. The summed E-state index contributed by atoms with van der Waals surface area (Å²) in [5.74, 6) is -0.791. The molecule has 0 saturated carbocycles. The van der Waals surface area contributed by atoms with Crippen molar-refractivity contribution in [3.63, 3.8) is 0 Å². The van der Waals surface area contributed by atoms with E-state index in [2.05, 4.69) is 0 Å². The zero-order chi connectivity index (χ0) is 16.3. The Kier molecular flexibility index (Phi) is 4.80. The molecule has 22 heavy (non-hydrogen) atoms. The van der Waals surface area contributed by atoms with Gasteiger partial charge in [-0.3, -0.25) is 14.4 Å². The summed E-state index contributed by atoms with van der Waals surface area (Å²) in [4.78, 5) is 36.4. The Labute approximate surface area is 128 Å². The monoisotopic (exact) mass is 305 g/mol. The topological polar surface area (TPSA) is 83.9 Å². The summed E-state index contributed by atoms with van der Waals surface area (Å²) >= 11 is 0. The molecule has 118 valence electrons. The first-order valence-corrected chi connectivity index (χ1v) is 7.31. The third-order valence-corrected chi connectivity index (χ3v) is 3.52. The van der Waals surface area contributed by atoms with Crippen molar-refractivity contribution in [1.29, 1.82) is 0 Å². The molecule has 1 aliphatic heterocycles. The molecule has 0 fully saturated rings. The van der Waals surface area contributed by atoms with Crippen LogP contribution in [0.1, 0.15) is 43.5 Å². The highest BCUT2D eigenvalue weighted by Gasteiger charge is 2.32. The number of carboxylic acids is 1. The van der Waals surface area contributed by atoms with Gasteiger partial charge in [-0.05, 0) is 31.5 Å². The van der Waals surface area contributed by atoms with Crippen molar-refractivity contribution in [3.05, 3.63) is 23.8 Å². The standard InChI is InChI=1S/C16H19NO5/c1-3-4-13(18)11-5-6-14-12(9-11)17(8-7-15(19)20)16(21)10(2)22-14/h5-6,9-10H,3-4,7-8H2,1-2H3,(H,19,20). The summed E-state index contributed by atoms with van der Waals surface area (Å²) in [5.41, 5.74) is 0.971. The number of nitrogens with zero attached hydrogens (tertiary/aromatic N) is 1. The second-order valence-electron chi connectivity index (χ2n) is 5.25. The Hall–Kier alpha value is -2.37. The highest BCUT2D eigenvalue weighted by Crippen LogP contribution is 2.35. The molecule has 0 aromatic heterocycles. The number of ketones is 1. The van der Waals surface area contributed by atoms with Crippen LogP contribution in [0.5, 0.6) is 5.75 Å². The zero-order valence-corrected chi connectivity index (χ0v) is 12.7. The normalized spacial score (nSPS) is 16.9. The molecule has 1 aliphatic rings. The second-order valence-corrected chi connectivity index (χ2v) is 5.25. The minimum atomic E-state index is -0.980. The van der Waals surface area contributed by atoms with Gasteiger partial charge >= 0.3 is 5.97 Å². The predicted molar refractivity (Wildman–Crippen MR) is 80.4 cm³/mol. The maximum absolute atomic E-state index is 12.2. The predicted octanol–water partition coefficient (Wildman–Crippen LogP) is 2.26. The van der Waals surface area contributed by atoms with Crippen molar-refractivity contribution in [3.8, 4) is 5.75 Å². The van der Waals surface area contributed by atoms with E-state index in [1.807, 2.05) is 6.92 Å². The lowest BCUT2D eigenvalue weighted by atomic mass is 10.0. The molecule has 1 aromatic carbocycles. The van der Waals surface area contributed by atoms with Gasteiger partial charge in [0.2, 0.25) is 0 Å². The zero-order valence-electron chi connectivity index (χ0n) is 12.7. The number of rotatable bonds is 6. The molecule has 6 heteroatoms. The van der Waals surface area contributed by atoms with Gasteiger partial charge in [-0.2, -0.15) is 0 Å². The number of amides is 1. The van der Waals surface area contributed by atoms with Gasteiger partial charge < -0.3 is 14.7 Å². The van der Waals surface area contributed by atoms with Crippen molar-refractivity contribution in [2.75, 3.05) is 11.4 Å². The van der Waals surface area contributed by atoms with E-state index < -0.39 is 12.1 Å². The van der Waals surface area contributed by atoms with Crippen molar-refractivity contribution in [1.82, 2.24) is 0 Å². The number of Topliss-reactive ketones (excluding diaryl/α,β-unsaturated/α-hetero) is 1. The van der Waals surface area contributed by atoms with E-state index in [9.17, 15) is 14.4 Å². The summed E-state index contributed by atoms with van der Waals surface area (Å²) in [6.07, 6.45) is 0.341. The fourth-order valence-corrected chi connectivity index (χ4v) is 2.39. The average Bonchev–Trinajstić information content (AvgIpc) is 2.47. The van der Waals surface area contributed by atoms with E-state index in [0.29, 0.717) is 23.4 Å². The second kappa shape index (κ2) is 6.60. The molecule has 0 bridgehead atoms. The molecule has 0 aliphatic carbocycles. The number of aliphatic carboxylic acids is 1. The molecule has 0 saturated heterocycles. The van der Waals surface area contributed by atoms with E-state index in [4.69, 9.17) is 9.84 Å². The molecule has 1 amide bonds. The molecule has 6 nitrogen and oxygen atoms in total. The highest BCUT2D eigenvalue weighted by atomic mass is 16.5. The van der Waals surface area contributed by atoms with Gasteiger partial charge in [0.15, 0.2) is 11.9 Å². The van der Waals surface area contributed by atoms with E-state index in [-0.39, 0.29) is 24.7 Å². The molecule has 2 rings (SSSR count). The Morgan fingerprint density at radius 2 is 2.05 bits per heavy atom. The molecular weight excluding hydrogens is 286 g/mol. The van der Waals surface area contributed by atoms with E-state index in [0.717, 1.165) is 6.42 Å². The molecular formula is C16H19NO5. The molecule has 0 spiro atoms. The summed E-state index contributed by atoms with van der Waals surface area (Å²) < 4.78 is 5.53. The van der Waals surface area contributed by atoms with E-state index >= 15 is 0 Å². The third-order valence-electron chi connectivity index (χ3n) is 3.52. The summed E-state index contributed by atoms with van der Waals surface area (Å²) in [7, 11) is 0. The number of carboxylic acid groups (broad SMARTS) is 1. The van der Waals surface area contributed by atoms with Gasteiger partial charge in [0.1, 0.15) is 5.75 Å². The first-order valence-electron chi connectivity index (χ1n) is 7.31. The quantitative estimate of drug-likeness (QED) is 0.815. The summed E-state index contributed by atoms with van der Waals surface area (Å²) in [5, 5.41) is 8.83. The van der Waals surface area contributed by atoms with E-state index in [1.54, 1.807) is 25.1 Å². The SMILES string of the molecule is CCCC(=O)c1ccc2c(c1)N(CCC(=O)O)C(=O)C(C)O2. The van der Waals surface area contributed by atoms with E-state index in [1.165, 1.54) is 4.90 Å². The lowest BCUT2D eigenvalue weighted by Gasteiger charge is -2.33. The van der Waals surface area contributed by atoms with Gasteiger partial charge in [-0.25, -0.2) is 0 Å². The minimum absolute atomic E-state index is 0.00504. The van der Waals surface area contributed by atoms with Crippen LogP contribution in [-0.2, 0) is 9.59 Å². The molecule has 1 aromatic rings. The van der Waals surface area contributed by atoms with Gasteiger partial charge in [0, 0.05) is 18.5 Å². The number of ether oxygens (including phenoxy) is 1. The van der Waals surface area contributed by atoms with Crippen LogP contribution >= 0.6 is 0 Å². The minimum Gasteiger partial charge on any atom is -0.481 e. The van der Waals surface area contributed by atoms with Crippen LogP contribution in [0.3, 0.4) is 0 Å². The van der Waals surface area contributed by atoms with Crippen LogP contribution in [0.2, 0.25) is 0 Å². The Balaban J connectivity index is 2.36. The number of fused-ring (bicyclic) bond motifs is 1. The molecule has 1 atom stereocenters. The molecule has 0 radical (unpaired) electrons. The van der Waals surface area contributed by atoms with Crippen molar-refractivity contribution in [2.45, 2.75) is 39.2 Å². The summed E-state index contributed by atoms with van der Waals surface area (Å²) in [6.45, 7) is 3.60. The average molecular weight is 305 g/mol. The first-order chi connectivity index (χ1) is 10.4. The van der Waals surface area contributed by atoms with Gasteiger partial charge in [-0.15, -0.1) is 0 Å². The van der Waals surface area contributed by atoms with Crippen molar-refractivity contribution >= 4 is 23.3 Å². The number of anilines is 1. The Morgan fingerprint density at radius 1 is 1.32 bits per heavy atom. The molecule has 1 N–H and O–H groups in total. The lowest BCUT2D eigenvalue weighted by molar-refractivity contribution is -0.136. The van der Waals surface area contributed by atoms with Crippen molar-refractivity contribution < 1.29 is 24.2 Å². The van der Waals surface area contributed by atoms with Crippen molar-refractivity contribution in [2.24, 2.45) is 0 Å². The first kappa shape index (κ1) is 16.0. The van der Waals surface area contributed by atoms with Gasteiger partial charge in [0.25, 0.3) is 5.91 Å². The molecule has 1 unspecified atom stereocenters. The fraction of sp³-hybridized carbons (Fsp3) is 0.438. The van der Waals surface area contributed by atoms with Crippen LogP contribution in [-0.4, -0.2) is 35.4 Å². The van der Waals surface area contributed by atoms with Crippen LogP contribution in [0.4, 0.5) is 5.69 Å². The van der Waals surface area contributed by atoms with Crippen LogP contribution in [0.25, 0.3) is 0 Å². The smallest absolute Gasteiger partial charge is 0.305 e. The largest absolute Gasteiger partial charge is 0.481 e. The van der Waals surface area contributed by atoms with Gasteiger partial charge in [-0.1, -0.05) is 6.92 Å². The maximum Gasteiger partial charge on any atom is 0.305 e. The number of hydrogen-bond acceptors (Lipinski definition) is 4. The third kappa shape index (κ3) is 3.27. The Bertz CT molecular complexity index is 611. The molecule has 1 heterocycles. The number of benzene rings is 1. The number of carbonyl (C=O) groups is 3. The van der Waals surface area contributed by atoms with Crippen LogP contribution in [0, 0.1) is 0 Å². The van der Waals surface area contributed by atoms with Crippen LogP contribution in [0.15, 0.2) is 18.2 Å². The highest BCUT2D eigenvalue weighted by molar-refractivity contribution is 6.03. The summed E-state index contributed by atoms with van der Waals surface area (Å²) in [6, 6.07) is 4.95. The fourth-order valence-electron chi connectivity index (χ4n) is 2.39. The number of hydrogen-bond donors (Lipinski definition) is 1. The Morgan fingerprint density at radius 3 is 2.68 bits per heavy atom. The maximum atomic E-state index is 12.2. The lowest BCUT2D eigenvalue weighted by Crippen LogP contribution is -2.45. The van der Waals surface area contributed by atoms with Gasteiger partial charge in [0.05, 0.1) is 12.1 Å². The van der Waals surface area contributed by atoms with Crippen LogP contribution < -0.4 is 9.64 Å².